The van der Waals surface area contributed by atoms with Crippen LogP contribution in [0.5, 0.6) is 0 Å². The van der Waals surface area contributed by atoms with Gasteiger partial charge in [0.1, 0.15) is 11.4 Å². The van der Waals surface area contributed by atoms with Crippen LogP contribution in [0, 0.1) is 5.92 Å². The Morgan fingerprint density at radius 1 is 0.833 bits per heavy atom. The monoisotopic (exact) mass is 732 g/mol. The minimum absolute atomic E-state index is 0.0979. The van der Waals surface area contributed by atoms with Crippen molar-refractivity contribution < 1.29 is 29.0 Å². The molecule has 4 N–H and O–H groups in total. The fourth-order valence-corrected chi connectivity index (χ4v) is 8.18. The van der Waals surface area contributed by atoms with Gasteiger partial charge in [0.05, 0.1) is 18.2 Å². The summed E-state index contributed by atoms with van der Waals surface area (Å²) >= 11 is 0. The molecular formula is C44H52N4O6. The third kappa shape index (κ3) is 9.46. The molecule has 10 nitrogen and oxygen atoms in total. The normalized spacial score (nSPS) is 23.7. The Bertz CT molecular complexity index is 1920. The minimum atomic E-state index is -0.899. The third-order valence-electron chi connectivity index (χ3n) is 10.6. The Hall–Kier alpha value is -5.22. The van der Waals surface area contributed by atoms with E-state index in [1.54, 1.807) is 13.1 Å². The maximum Gasteiger partial charge on any atom is 0.408 e. The second kappa shape index (κ2) is 15.6. The Kier molecular flexibility index (Phi) is 11.1. The minimum Gasteiger partial charge on any atom is -0.453 e. The maximum atomic E-state index is 13.4. The highest BCUT2D eigenvalue weighted by Crippen LogP contribution is 2.49. The SMILES string of the molecule is COC(=O)NC1(Cc2ccccc2)CCC(CC(=O)Nc2cc(-c3ccccc3)c(-c3ccc(C4(NC(=O)OC(C)(C)C)CC(C)(O)C4)cc3)cn2)CC1. The average molecular weight is 733 g/mol. The molecule has 2 fully saturated rings. The molecule has 0 unspecified atom stereocenters. The third-order valence-corrected chi connectivity index (χ3v) is 10.6. The molecule has 1 heterocycles. The highest BCUT2D eigenvalue weighted by molar-refractivity contribution is 5.92. The quantitative estimate of drug-likeness (QED) is 0.128. The van der Waals surface area contributed by atoms with Gasteiger partial charge >= 0.3 is 12.2 Å². The fraction of sp³-hybridized carbons (Fsp3) is 0.409. The number of carbonyl (C=O) groups is 3. The number of benzene rings is 3. The van der Waals surface area contributed by atoms with Crippen LogP contribution in [0.2, 0.25) is 0 Å². The first kappa shape index (κ1) is 38.5. The summed E-state index contributed by atoms with van der Waals surface area (Å²) in [5.74, 6) is 0.546. The van der Waals surface area contributed by atoms with Crippen LogP contribution in [0.25, 0.3) is 22.3 Å². The molecule has 2 aliphatic carbocycles. The molecule has 284 valence electrons. The summed E-state index contributed by atoms with van der Waals surface area (Å²) in [5, 5.41) is 19.9. The molecule has 2 aliphatic rings. The van der Waals surface area contributed by atoms with Gasteiger partial charge in [-0.2, -0.15) is 0 Å². The number of hydrogen-bond donors (Lipinski definition) is 4. The number of rotatable bonds is 10. The van der Waals surface area contributed by atoms with Crippen LogP contribution < -0.4 is 16.0 Å². The van der Waals surface area contributed by atoms with Gasteiger partial charge in [0.2, 0.25) is 5.91 Å². The molecule has 10 heteroatoms. The second-order valence-electron chi connectivity index (χ2n) is 16.4. The van der Waals surface area contributed by atoms with Gasteiger partial charge in [-0.15, -0.1) is 0 Å². The first-order chi connectivity index (χ1) is 25.7. The lowest BCUT2D eigenvalue weighted by molar-refractivity contribution is -0.117. The number of aromatic nitrogens is 1. The maximum absolute atomic E-state index is 13.4. The summed E-state index contributed by atoms with van der Waals surface area (Å²) in [5.41, 5.74) is 3.01. The van der Waals surface area contributed by atoms with Gasteiger partial charge < -0.3 is 30.5 Å². The lowest BCUT2D eigenvalue weighted by Gasteiger charge is -2.52. The number of hydrogen-bond acceptors (Lipinski definition) is 7. The number of pyridine rings is 1. The van der Waals surface area contributed by atoms with Crippen LogP contribution in [0.15, 0.2) is 97.2 Å². The number of ether oxygens (including phenoxy) is 2. The number of nitrogens with one attached hydrogen (secondary N) is 3. The number of carbonyl (C=O) groups excluding carboxylic acids is 3. The summed E-state index contributed by atoms with van der Waals surface area (Å²) in [6.07, 6.45) is 5.71. The summed E-state index contributed by atoms with van der Waals surface area (Å²) in [4.78, 5) is 43.2. The first-order valence-electron chi connectivity index (χ1n) is 18.8. The van der Waals surface area contributed by atoms with E-state index in [0.717, 1.165) is 59.1 Å². The molecule has 0 radical (unpaired) electrons. The Morgan fingerprint density at radius 3 is 2.04 bits per heavy atom. The molecule has 4 aromatic rings. The summed E-state index contributed by atoms with van der Waals surface area (Å²) in [6.45, 7) is 7.23. The van der Waals surface area contributed by atoms with Crippen molar-refractivity contribution >= 4 is 23.9 Å². The fourth-order valence-electron chi connectivity index (χ4n) is 8.18. The zero-order valence-corrected chi connectivity index (χ0v) is 31.9. The molecule has 54 heavy (non-hydrogen) atoms. The van der Waals surface area contributed by atoms with Gasteiger partial charge in [0.15, 0.2) is 0 Å². The van der Waals surface area contributed by atoms with Gasteiger partial charge in [-0.05, 0) is 99.6 Å². The zero-order chi connectivity index (χ0) is 38.6. The van der Waals surface area contributed by atoms with Crippen LogP contribution in [0.1, 0.15) is 83.8 Å². The molecular weight excluding hydrogens is 681 g/mol. The highest BCUT2D eigenvalue weighted by Gasteiger charge is 2.53. The largest absolute Gasteiger partial charge is 0.453 e. The molecule has 3 amide bonds. The van der Waals surface area contributed by atoms with E-state index in [2.05, 4.69) is 33.1 Å². The summed E-state index contributed by atoms with van der Waals surface area (Å²) in [7, 11) is 1.38. The van der Waals surface area contributed by atoms with Crippen LogP contribution in [-0.2, 0) is 26.2 Å². The highest BCUT2D eigenvalue weighted by atomic mass is 16.6. The van der Waals surface area contributed by atoms with Gasteiger partial charge in [0, 0.05) is 36.6 Å². The zero-order valence-electron chi connectivity index (χ0n) is 31.9. The van der Waals surface area contributed by atoms with Crippen LogP contribution in [0.4, 0.5) is 15.4 Å². The van der Waals surface area contributed by atoms with E-state index >= 15 is 0 Å². The molecule has 0 atom stereocenters. The average Bonchev–Trinajstić information content (AvgIpc) is 3.12. The summed E-state index contributed by atoms with van der Waals surface area (Å²) < 4.78 is 10.5. The van der Waals surface area contributed by atoms with E-state index in [1.807, 2.05) is 99.6 Å². The van der Waals surface area contributed by atoms with Gasteiger partial charge in [-0.3, -0.25) is 4.79 Å². The van der Waals surface area contributed by atoms with E-state index in [1.165, 1.54) is 7.11 Å². The van der Waals surface area contributed by atoms with Crippen LogP contribution >= 0.6 is 0 Å². The first-order valence-corrected chi connectivity index (χ1v) is 18.8. The molecule has 2 saturated carbocycles. The van der Waals surface area contributed by atoms with Gasteiger partial charge in [-0.25, -0.2) is 14.6 Å². The second-order valence-corrected chi connectivity index (χ2v) is 16.4. The standard InChI is InChI=1S/C44H52N4O6/c1-41(2,3)54-40(51)48-44(28-42(4,52)29-44)34-18-16-33(17-19-34)36-27-45-37(25-35(36)32-14-10-7-11-15-32)46-38(49)24-30-20-22-43(23-21-30,47-39(50)53-5)26-31-12-8-6-9-13-31/h6-19,25,27,30,52H,20-24,26,28-29H2,1-5H3,(H,47,50)(H,48,51)(H,45,46,49). The number of methoxy groups -OCH3 is 1. The van der Waals surface area contributed by atoms with Crippen molar-refractivity contribution in [3.8, 4) is 22.3 Å². The predicted octanol–water partition coefficient (Wildman–Crippen LogP) is 8.54. The van der Waals surface area contributed by atoms with Crippen LogP contribution in [-0.4, -0.2) is 52.0 Å². The van der Waals surface area contributed by atoms with Crippen molar-refractivity contribution in [1.29, 1.82) is 0 Å². The van der Waals surface area contributed by atoms with Crippen molar-refractivity contribution in [2.45, 2.75) is 101 Å². The number of anilines is 1. The number of aliphatic hydroxyl groups is 1. The van der Waals surface area contributed by atoms with Crippen molar-refractivity contribution in [3.63, 3.8) is 0 Å². The Balaban J connectivity index is 1.16. The lowest BCUT2D eigenvalue weighted by atomic mass is 9.62. The molecule has 1 aromatic heterocycles. The Morgan fingerprint density at radius 2 is 1.44 bits per heavy atom. The molecule has 0 bridgehead atoms. The van der Waals surface area contributed by atoms with E-state index < -0.39 is 34.5 Å². The van der Waals surface area contributed by atoms with E-state index in [4.69, 9.17) is 9.47 Å². The molecule has 0 saturated heterocycles. The van der Waals surface area contributed by atoms with E-state index in [-0.39, 0.29) is 11.8 Å². The lowest BCUT2D eigenvalue weighted by Crippen LogP contribution is -2.62. The molecule has 0 spiro atoms. The van der Waals surface area contributed by atoms with Crippen molar-refractivity contribution in [3.05, 3.63) is 108 Å². The van der Waals surface area contributed by atoms with E-state index in [9.17, 15) is 19.5 Å². The Labute approximate surface area is 318 Å². The smallest absolute Gasteiger partial charge is 0.408 e. The van der Waals surface area contributed by atoms with Crippen molar-refractivity contribution in [1.82, 2.24) is 15.6 Å². The molecule has 3 aromatic carbocycles. The van der Waals surface area contributed by atoms with Crippen molar-refractivity contribution in [2.24, 2.45) is 5.92 Å². The van der Waals surface area contributed by atoms with E-state index in [0.29, 0.717) is 31.5 Å². The number of alkyl carbamates (subject to hydrolysis) is 2. The van der Waals surface area contributed by atoms with Crippen LogP contribution in [0.3, 0.4) is 0 Å². The summed E-state index contributed by atoms with van der Waals surface area (Å²) in [6, 6.07) is 30.0. The topological polar surface area (TPSA) is 139 Å². The molecule has 0 aliphatic heterocycles. The predicted molar refractivity (Wildman–Crippen MR) is 210 cm³/mol. The number of amides is 3. The van der Waals surface area contributed by atoms with Crippen molar-refractivity contribution in [2.75, 3.05) is 12.4 Å². The van der Waals surface area contributed by atoms with Gasteiger partial charge in [-0.1, -0.05) is 84.9 Å². The van der Waals surface area contributed by atoms with Gasteiger partial charge in [0.25, 0.3) is 0 Å². The number of nitrogens with zero attached hydrogens (tertiary/aromatic N) is 1. The molecule has 6 rings (SSSR count).